The lowest BCUT2D eigenvalue weighted by Gasteiger charge is -2.40. The predicted molar refractivity (Wildman–Crippen MR) is 115 cm³/mol. The topological polar surface area (TPSA) is 88.4 Å². The van der Waals surface area contributed by atoms with Crippen molar-refractivity contribution in [2.45, 2.75) is 56.4 Å². The number of fused-ring (bicyclic) bond motifs is 1. The Morgan fingerprint density at radius 1 is 1.00 bits per heavy atom. The van der Waals surface area contributed by atoms with E-state index in [2.05, 4.69) is 15.9 Å². The molecule has 30 heavy (non-hydrogen) atoms. The predicted octanol–water partition coefficient (Wildman–Crippen LogP) is 2.66. The summed E-state index contributed by atoms with van der Waals surface area (Å²) in [6.07, 6.45) is -2.12. The lowest BCUT2D eigenvalue weighted by atomic mass is 9.87. The second kappa shape index (κ2) is 8.94. The third-order valence-electron chi connectivity index (χ3n) is 6.10. The van der Waals surface area contributed by atoms with Crippen molar-refractivity contribution in [3.63, 3.8) is 0 Å². The van der Waals surface area contributed by atoms with Gasteiger partial charge in [0.1, 0.15) is 30.2 Å². The van der Waals surface area contributed by atoms with E-state index in [9.17, 15) is 15.3 Å². The monoisotopic (exact) mass is 478 g/mol. The van der Waals surface area contributed by atoms with Crippen LogP contribution in [-0.4, -0.2) is 54.1 Å². The molecule has 1 aliphatic heterocycles. The van der Waals surface area contributed by atoms with Gasteiger partial charge in [-0.05, 0) is 65.6 Å². The molecule has 5 atom stereocenters. The van der Waals surface area contributed by atoms with Crippen LogP contribution in [0.5, 0.6) is 5.75 Å². The van der Waals surface area contributed by atoms with Crippen molar-refractivity contribution in [3.8, 4) is 5.75 Å². The van der Waals surface area contributed by atoms with Crippen LogP contribution in [0.4, 0.5) is 0 Å². The maximum absolute atomic E-state index is 10.7. The van der Waals surface area contributed by atoms with Gasteiger partial charge < -0.3 is 29.5 Å². The van der Waals surface area contributed by atoms with Gasteiger partial charge in [0.05, 0.1) is 7.11 Å². The Bertz CT molecular complexity index is 898. The standard InChI is InChI=1S/C23H27BrO6/c1-28-14-8-6-12(7-9-14)10-13-11-17(15-4-3-5-16(15)18(13)24)22-20(26)19(25)21(27)23(29-2)30-22/h6-9,11,19-23,25-27H,3-5,10H2,1-2H3/t19-,20-,21+,22+,23+/m1/s1. The Labute approximate surface area is 184 Å². The maximum Gasteiger partial charge on any atom is 0.186 e. The number of hydrogen-bond donors (Lipinski definition) is 3. The first-order chi connectivity index (χ1) is 14.4. The summed E-state index contributed by atoms with van der Waals surface area (Å²) in [5.74, 6) is 0.810. The number of aliphatic hydroxyl groups excluding tert-OH is 3. The number of halogens is 1. The largest absolute Gasteiger partial charge is 0.497 e. The molecule has 2 aromatic rings. The quantitative estimate of drug-likeness (QED) is 0.612. The van der Waals surface area contributed by atoms with E-state index in [0.717, 1.165) is 51.7 Å². The fourth-order valence-electron chi connectivity index (χ4n) is 4.48. The summed E-state index contributed by atoms with van der Waals surface area (Å²) in [6, 6.07) is 9.98. The van der Waals surface area contributed by atoms with Gasteiger partial charge in [-0.2, -0.15) is 0 Å². The molecule has 2 aromatic carbocycles. The summed E-state index contributed by atoms with van der Waals surface area (Å²) in [5, 5.41) is 31.2. The van der Waals surface area contributed by atoms with Crippen LogP contribution in [-0.2, 0) is 28.7 Å². The molecule has 2 aliphatic rings. The zero-order valence-corrected chi connectivity index (χ0v) is 18.6. The molecule has 7 heteroatoms. The second-order valence-corrected chi connectivity index (χ2v) is 8.70. The molecule has 1 fully saturated rings. The highest BCUT2D eigenvalue weighted by Gasteiger charge is 2.45. The van der Waals surface area contributed by atoms with Gasteiger partial charge in [0.2, 0.25) is 0 Å². The van der Waals surface area contributed by atoms with Crippen LogP contribution in [0, 0.1) is 0 Å². The summed E-state index contributed by atoms with van der Waals surface area (Å²) in [5.41, 5.74) is 5.44. The first-order valence-electron chi connectivity index (χ1n) is 10.1. The van der Waals surface area contributed by atoms with Crippen LogP contribution < -0.4 is 4.74 Å². The molecule has 3 N–H and O–H groups in total. The highest BCUT2D eigenvalue weighted by molar-refractivity contribution is 9.10. The molecular weight excluding hydrogens is 452 g/mol. The van der Waals surface area contributed by atoms with E-state index >= 15 is 0 Å². The SMILES string of the molecule is COc1ccc(Cc2cc([C@@H]3O[C@H](OC)[C@@H](O)[C@H](O)[C@H]3O)c3c(c2Br)CCC3)cc1. The van der Waals surface area contributed by atoms with Gasteiger partial charge in [-0.1, -0.05) is 34.1 Å². The van der Waals surface area contributed by atoms with Crippen LogP contribution in [0.25, 0.3) is 0 Å². The molecule has 1 aliphatic carbocycles. The van der Waals surface area contributed by atoms with Crippen molar-refractivity contribution < 1.29 is 29.5 Å². The van der Waals surface area contributed by atoms with Crippen molar-refractivity contribution in [2.75, 3.05) is 14.2 Å². The van der Waals surface area contributed by atoms with E-state index in [4.69, 9.17) is 14.2 Å². The average molecular weight is 479 g/mol. The van der Waals surface area contributed by atoms with E-state index in [0.29, 0.717) is 6.42 Å². The minimum absolute atomic E-state index is 0.701. The van der Waals surface area contributed by atoms with Gasteiger partial charge in [-0.3, -0.25) is 0 Å². The van der Waals surface area contributed by atoms with Gasteiger partial charge in [0.25, 0.3) is 0 Å². The summed E-state index contributed by atoms with van der Waals surface area (Å²) in [4.78, 5) is 0. The van der Waals surface area contributed by atoms with Crippen LogP contribution in [0.1, 0.15) is 40.3 Å². The molecule has 1 saturated heterocycles. The number of benzene rings is 2. The number of aliphatic hydroxyl groups is 3. The molecule has 0 saturated carbocycles. The summed E-state index contributed by atoms with van der Waals surface area (Å²) in [6.45, 7) is 0. The fourth-order valence-corrected chi connectivity index (χ4v) is 5.17. The Balaban J connectivity index is 1.73. The van der Waals surface area contributed by atoms with Gasteiger partial charge in [-0.25, -0.2) is 0 Å². The second-order valence-electron chi connectivity index (χ2n) is 7.91. The third-order valence-corrected chi connectivity index (χ3v) is 7.09. The smallest absolute Gasteiger partial charge is 0.186 e. The highest BCUT2D eigenvalue weighted by atomic mass is 79.9. The summed E-state index contributed by atoms with van der Waals surface area (Å²) in [7, 11) is 3.06. The van der Waals surface area contributed by atoms with Crippen molar-refractivity contribution in [2.24, 2.45) is 0 Å². The molecule has 0 amide bonds. The summed E-state index contributed by atoms with van der Waals surface area (Å²) >= 11 is 3.80. The van der Waals surface area contributed by atoms with Crippen LogP contribution in [0.3, 0.4) is 0 Å². The van der Waals surface area contributed by atoms with E-state index in [1.807, 2.05) is 30.3 Å². The number of hydrogen-bond acceptors (Lipinski definition) is 6. The Hall–Kier alpha value is -1.48. The minimum Gasteiger partial charge on any atom is -0.497 e. The van der Waals surface area contributed by atoms with Crippen molar-refractivity contribution >= 4 is 15.9 Å². The van der Waals surface area contributed by atoms with Crippen molar-refractivity contribution in [3.05, 3.63) is 62.6 Å². The van der Waals surface area contributed by atoms with Gasteiger partial charge in [0.15, 0.2) is 6.29 Å². The normalized spacial score (nSPS) is 28.4. The van der Waals surface area contributed by atoms with Crippen LogP contribution >= 0.6 is 15.9 Å². The number of ether oxygens (including phenoxy) is 3. The van der Waals surface area contributed by atoms with E-state index in [1.165, 1.54) is 12.7 Å². The Kier molecular flexibility index (Phi) is 6.48. The maximum atomic E-state index is 10.7. The van der Waals surface area contributed by atoms with Crippen molar-refractivity contribution in [1.82, 2.24) is 0 Å². The molecule has 0 radical (unpaired) electrons. The molecule has 0 aromatic heterocycles. The van der Waals surface area contributed by atoms with Gasteiger partial charge in [0, 0.05) is 11.6 Å². The third kappa shape index (κ3) is 3.90. The van der Waals surface area contributed by atoms with Crippen LogP contribution in [0.15, 0.2) is 34.8 Å². The minimum atomic E-state index is -1.35. The number of rotatable bonds is 5. The van der Waals surface area contributed by atoms with Crippen molar-refractivity contribution in [1.29, 1.82) is 0 Å². The summed E-state index contributed by atoms with van der Waals surface area (Å²) < 4.78 is 17.4. The van der Waals surface area contributed by atoms with E-state index < -0.39 is 30.7 Å². The zero-order valence-electron chi connectivity index (χ0n) is 17.0. The number of methoxy groups -OCH3 is 2. The molecule has 4 rings (SSSR count). The molecule has 0 unspecified atom stereocenters. The average Bonchev–Trinajstić information content (AvgIpc) is 3.26. The van der Waals surface area contributed by atoms with E-state index in [-0.39, 0.29) is 0 Å². The first kappa shape index (κ1) is 21.7. The Morgan fingerprint density at radius 3 is 2.37 bits per heavy atom. The lowest BCUT2D eigenvalue weighted by molar-refractivity contribution is -0.292. The van der Waals surface area contributed by atoms with Crippen LogP contribution in [0.2, 0.25) is 0 Å². The highest BCUT2D eigenvalue weighted by Crippen LogP contribution is 2.42. The first-order valence-corrected chi connectivity index (χ1v) is 10.9. The van der Waals surface area contributed by atoms with E-state index in [1.54, 1.807) is 7.11 Å². The molecule has 6 nitrogen and oxygen atoms in total. The zero-order chi connectivity index (χ0) is 21.4. The van der Waals surface area contributed by atoms with Gasteiger partial charge >= 0.3 is 0 Å². The lowest BCUT2D eigenvalue weighted by Crippen LogP contribution is -2.54. The molecule has 0 bridgehead atoms. The van der Waals surface area contributed by atoms with Gasteiger partial charge in [-0.15, -0.1) is 0 Å². The molecule has 1 heterocycles. The molecule has 162 valence electrons. The Morgan fingerprint density at radius 2 is 1.70 bits per heavy atom. The fraction of sp³-hybridized carbons (Fsp3) is 0.478. The molecular formula is C23H27BrO6. The molecule has 0 spiro atoms.